The quantitative estimate of drug-likeness (QED) is 0.805. The van der Waals surface area contributed by atoms with E-state index < -0.39 is 0 Å². The Hall–Kier alpha value is -2.48. The molecule has 3 heterocycles. The van der Waals surface area contributed by atoms with Crippen molar-refractivity contribution in [2.45, 2.75) is 13.8 Å². The third-order valence-electron chi connectivity index (χ3n) is 3.94. The summed E-state index contributed by atoms with van der Waals surface area (Å²) in [6, 6.07) is 5.36. The monoisotopic (exact) mass is 331 g/mol. The van der Waals surface area contributed by atoms with E-state index in [2.05, 4.69) is 20.3 Å². The highest BCUT2D eigenvalue weighted by Gasteiger charge is 2.24. The summed E-state index contributed by atoms with van der Waals surface area (Å²) in [7, 11) is 0. The minimum absolute atomic E-state index is 0.0716. The number of aromatic nitrogens is 3. The zero-order chi connectivity index (χ0) is 16.9. The Bertz CT molecular complexity index is 677. The molecule has 0 bridgehead atoms. The first-order chi connectivity index (χ1) is 11.6. The van der Waals surface area contributed by atoms with E-state index in [-0.39, 0.29) is 5.91 Å². The lowest BCUT2D eigenvalue weighted by Gasteiger charge is -2.34. The summed E-state index contributed by atoms with van der Waals surface area (Å²) in [4.78, 5) is 16.4. The van der Waals surface area contributed by atoms with Crippen molar-refractivity contribution in [3.05, 3.63) is 35.3 Å². The van der Waals surface area contributed by atoms with Gasteiger partial charge in [0.25, 0.3) is 5.91 Å². The molecular formula is C16H21N5O3. The molecule has 0 atom stereocenters. The van der Waals surface area contributed by atoms with Crippen LogP contribution in [-0.2, 0) is 0 Å². The Kier molecular flexibility index (Phi) is 5.05. The van der Waals surface area contributed by atoms with Crippen LogP contribution in [0.15, 0.2) is 22.7 Å². The lowest BCUT2D eigenvalue weighted by molar-refractivity contribution is 0.0609. The van der Waals surface area contributed by atoms with E-state index in [0.29, 0.717) is 37.0 Å². The lowest BCUT2D eigenvalue weighted by Crippen LogP contribution is -2.49. The molecular weight excluding hydrogens is 310 g/mol. The number of hydrogen-bond acceptors (Lipinski definition) is 7. The van der Waals surface area contributed by atoms with Crippen LogP contribution in [0.2, 0.25) is 0 Å². The molecule has 0 N–H and O–H groups in total. The van der Waals surface area contributed by atoms with Crippen LogP contribution in [0.4, 0.5) is 0 Å². The Balaban J connectivity index is 1.40. The van der Waals surface area contributed by atoms with Crippen LogP contribution in [0.3, 0.4) is 0 Å². The molecule has 1 saturated heterocycles. The average molecular weight is 331 g/mol. The van der Waals surface area contributed by atoms with E-state index in [1.54, 1.807) is 17.9 Å². The van der Waals surface area contributed by atoms with Gasteiger partial charge in [0.2, 0.25) is 5.88 Å². The van der Waals surface area contributed by atoms with Crippen molar-refractivity contribution >= 4 is 5.91 Å². The number of amides is 1. The molecule has 2 aromatic rings. The second-order valence-corrected chi connectivity index (χ2v) is 5.82. The Morgan fingerprint density at radius 2 is 2.00 bits per heavy atom. The second-order valence-electron chi connectivity index (χ2n) is 5.82. The molecule has 0 aromatic carbocycles. The molecule has 0 radical (unpaired) electrons. The predicted octanol–water partition coefficient (Wildman–Crippen LogP) is 0.918. The zero-order valence-corrected chi connectivity index (χ0v) is 13.9. The van der Waals surface area contributed by atoms with Crippen LogP contribution >= 0.6 is 0 Å². The maximum absolute atomic E-state index is 12.3. The topological polar surface area (TPSA) is 84.6 Å². The largest absolute Gasteiger partial charge is 0.475 e. The van der Waals surface area contributed by atoms with Crippen molar-refractivity contribution in [3.63, 3.8) is 0 Å². The molecule has 8 heteroatoms. The summed E-state index contributed by atoms with van der Waals surface area (Å²) in [5.74, 6) is 1.11. The Morgan fingerprint density at radius 1 is 1.21 bits per heavy atom. The highest BCUT2D eigenvalue weighted by Crippen LogP contribution is 2.10. The van der Waals surface area contributed by atoms with Crippen LogP contribution in [-0.4, -0.2) is 70.4 Å². The number of rotatable bonds is 5. The molecule has 0 unspecified atom stereocenters. The summed E-state index contributed by atoms with van der Waals surface area (Å²) in [6.07, 6.45) is 0. The van der Waals surface area contributed by atoms with Crippen molar-refractivity contribution < 1.29 is 14.1 Å². The predicted molar refractivity (Wildman–Crippen MR) is 85.8 cm³/mol. The van der Waals surface area contributed by atoms with E-state index in [0.717, 1.165) is 25.3 Å². The maximum atomic E-state index is 12.3. The van der Waals surface area contributed by atoms with Crippen molar-refractivity contribution in [1.29, 1.82) is 0 Å². The normalized spacial score (nSPS) is 15.5. The molecule has 8 nitrogen and oxygen atoms in total. The summed E-state index contributed by atoms with van der Waals surface area (Å²) >= 11 is 0. The third-order valence-corrected chi connectivity index (χ3v) is 3.94. The highest BCUT2D eigenvalue weighted by atomic mass is 16.5. The molecule has 3 rings (SSSR count). The number of ether oxygens (including phenoxy) is 1. The number of piperazine rings is 1. The molecule has 0 saturated carbocycles. The van der Waals surface area contributed by atoms with E-state index in [9.17, 15) is 4.79 Å². The molecule has 24 heavy (non-hydrogen) atoms. The summed E-state index contributed by atoms with van der Waals surface area (Å²) in [5.41, 5.74) is 1.24. The van der Waals surface area contributed by atoms with Gasteiger partial charge in [-0.2, -0.15) is 5.10 Å². The van der Waals surface area contributed by atoms with Crippen molar-refractivity contribution in [2.24, 2.45) is 0 Å². The minimum Gasteiger partial charge on any atom is -0.475 e. The highest BCUT2D eigenvalue weighted by molar-refractivity contribution is 5.92. The van der Waals surface area contributed by atoms with Gasteiger partial charge >= 0.3 is 0 Å². The fraction of sp³-hybridized carbons (Fsp3) is 0.500. The average Bonchev–Trinajstić information content (AvgIpc) is 3.03. The summed E-state index contributed by atoms with van der Waals surface area (Å²) in [5, 5.41) is 11.7. The molecule has 1 aliphatic heterocycles. The SMILES string of the molecule is Cc1ccc(OCCN2CCN(C(=O)c3cc(C)on3)CC2)nn1. The van der Waals surface area contributed by atoms with Crippen molar-refractivity contribution in [2.75, 3.05) is 39.3 Å². The van der Waals surface area contributed by atoms with Crippen LogP contribution in [0.5, 0.6) is 5.88 Å². The zero-order valence-electron chi connectivity index (χ0n) is 13.9. The van der Waals surface area contributed by atoms with Gasteiger partial charge < -0.3 is 14.2 Å². The number of hydrogen-bond donors (Lipinski definition) is 0. The van der Waals surface area contributed by atoms with Crippen LogP contribution in [0.25, 0.3) is 0 Å². The van der Waals surface area contributed by atoms with E-state index in [1.165, 1.54) is 0 Å². The van der Waals surface area contributed by atoms with Gasteiger partial charge in [0.15, 0.2) is 5.69 Å². The van der Waals surface area contributed by atoms with Crippen LogP contribution in [0.1, 0.15) is 21.9 Å². The standard InChI is InChI=1S/C16H21N5O3/c1-12-3-4-15(18-17-12)23-10-9-20-5-7-21(8-6-20)16(22)14-11-13(2)24-19-14/h3-4,11H,5-10H2,1-2H3. The van der Waals surface area contributed by atoms with Gasteiger partial charge in [-0.25, -0.2) is 0 Å². The number of carbonyl (C=O) groups excluding carboxylic acids is 1. The minimum atomic E-state index is -0.0716. The van der Waals surface area contributed by atoms with Crippen LogP contribution < -0.4 is 4.74 Å². The van der Waals surface area contributed by atoms with Gasteiger partial charge in [-0.15, -0.1) is 5.10 Å². The van der Waals surface area contributed by atoms with Gasteiger partial charge in [0, 0.05) is 44.9 Å². The van der Waals surface area contributed by atoms with Crippen molar-refractivity contribution in [3.8, 4) is 5.88 Å². The molecule has 128 valence electrons. The molecule has 1 fully saturated rings. The second kappa shape index (κ2) is 7.39. The molecule has 1 amide bonds. The third kappa shape index (κ3) is 4.08. The molecule has 1 aliphatic rings. The molecule has 0 aliphatic carbocycles. The number of aryl methyl sites for hydroxylation is 2. The maximum Gasteiger partial charge on any atom is 0.276 e. The first-order valence-corrected chi connectivity index (χ1v) is 8.00. The number of nitrogens with zero attached hydrogens (tertiary/aromatic N) is 5. The fourth-order valence-electron chi connectivity index (χ4n) is 2.55. The Morgan fingerprint density at radius 3 is 2.62 bits per heavy atom. The van der Waals surface area contributed by atoms with Gasteiger partial charge in [-0.1, -0.05) is 5.16 Å². The summed E-state index contributed by atoms with van der Waals surface area (Å²) in [6.45, 7) is 7.98. The molecule has 2 aromatic heterocycles. The van der Waals surface area contributed by atoms with E-state index >= 15 is 0 Å². The fourth-order valence-corrected chi connectivity index (χ4v) is 2.55. The number of carbonyl (C=O) groups is 1. The van der Waals surface area contributed by atoms with Gasteiger partial charge in [0.05, 0.1) is 5.69 Å². The van der Waals surface area contributed by atoms with Crippen LogP contribution in [0, 0.1) is 13.8 Å². The first-order valence-electron chi connectivity index (χ1n) is 8.00. The smallest absolute Gasteiger partial charge is 0.276 e. The van der Waals surface area contributed by atoms with Gasteiger partial charge in [0.1, 0.15) is 12.4 Å². The van der Waals surface area contributed by atoms with Gasteiger partial charge in [-0.3, -0.25) is 9.69 Å². The van der Waals surface area contributed by atoms with Gasteiger partial charge in [-0.05, 0) is 19.9 Å². The first kappa shape index (κ1) is 16.4. The van der Waals surface area contributed by atoms with E-state index in [4.69, 9.17) is 9.26 Å². The Labute approximate surface area is 140 Å². The van der Waals surface area contributed by atoms with Crippen molar-refractivity contribution in [1.82, 2.24) is 25.2 Å². The lowest BCUT2D eigenvalue weighted by atomic mass is 10.2. The van der Waals surface area contributed by atoms with E-state index in [1.807, 2.05) is 19.1 Å². The molecule has 0 spiro atoms. The summed E-state index contributed by atoms with van der Waals surface area (Å²) < 4.78 is 10.6.